The van der Waals surface area contributed by atoms with Gasteiger partial charge in [0.1, 0.15) is 0 Å². The molecule has 0 radical (unpaired) electrons. The number of nitrogens with two attached hydrogens (primary N) is 1. The van der Waals surface area contributed by atoms with Crippen LogP contribution in [0.25, 0.3) is 0 Å². The lowest BCUT2D eigenvalue weighted by Crippen LogP contribution is -2.25. The number of benzene rings is 2. The number of halogens is 1. The molecule has 0 aliphatic carbocycles. The van der Waals surface area contributed by atoms with Crippen molar-refractivity contribution in [2.24, 2.45) is 5.73 Å². The minimum absolute atomic E-state index is 0.105. The van der Waals surface area contributed by atoms with E-state index >= 15 is 0 Å². The molecule has 112 valence electrons. The van der Waals surface area contributed by atoms with Crippen molar-refractivity contribution in [1.82, 2.24) is 0 Å². The molecule has 0 heterocycles. The summed E-state index contributed by atoms with van der Waals surface area (Å²) in [4.78, 5) is 1.30. The van der Waals surface area contributed by atoms with Gasteiger partial charge in [0.15, 0.2) is 0 Å². The Hall–Kier alpha value is -0.960. The zero-order valence-corrected chi connectivity index (χ0v) is 14.3. The molecule has 2 rings (SSSR count). The van der Waals surface area contributed by atoms with Crippen LogP contribution in [0.2, 0.25) is 5.02 Å². The summed E-state index contributed by atoms with van der Waals surface area (Å²) >= 11 is 7.99. The van der Waals surface area contributed by atoms with Crippen molar-refractivity contribution in [3.05, 3.63) is 64.2 Å². The van der Waals surface area contributed by atoms with E-state index in [9.17, 15) is 0 Å². The Morgan fingerprint density at radius 3 is 2.57 bits per heavy atom. The van der Waals surface area contributed by atoms with Gasteiger partial charge in [-0.1, -0.05) is 48.4 Å². The Morgan fingerprint density at radius 2 is 1.90 bits per heavy atom. The smallest absolute Gasteiger partial charge is 0.0496 e. The third-order valence-corrected chi connectivity index (χ3v) is 5.44. The highest BCUT2D eigenvalue weighted by Crippen LogP contribution is 2.40. The maximum Gasteiger partial charge on any atom is 0.0496 e. The standard InChI is InChI=1S/C18H22ClNS/c1-4-16(20)18(14-6-5-7-15(19)11-14)21-17-10-12(2)8-9-13(17)3/h5-11,16,18H,4,20H2,1-3H3. The van der Waals surface area contributed by atoms with E-state index in [2.05, 4.69) is 45.0 Å². The van der Waals surface area contributed by atoms with Gasteiger partial charge in [-0.15, -0.1) is 11.8 Å². The van der Waals surface area contributed by atoms with Crippen molar-refractivity contribution in [3.63, 3.8) is 0 Å². The number of rotatable bonds is 5. The predicted octanol–water partition coefficient (Wildman–Crippen LogP) is 5.53. The molecule has 2 N–H and O–H groups in total. The van der Waals surface area contributed by atoms with E-state index in [1.54, 1.807) is 0 Å². The zero-order valence-electron chi connectivity index (χ0n) is 12.8. The molecule has 0 aliphatic rings. The Labute approximate surface area is 136 Å². The fraction of sp³-hybridized carbons (Fsp3) is 0.333. The van der Waals surface area contributed by atoms with E-state index in [1.807, 2.05) is 30.0 Å². The molecule has 0 amide bonds. The van der Waals surface area contributed by atoms with E-state index in [0.29, 0.717) is 0 Å². The lowest BCUT2D eigenvalue weighted by Gasteiger charge is -2.24. The maximum atomic E-state index is 6.37. The lowest BCUT2D eigenvalue weighted by molar-refractivity contribution is 0.634. The molecule has 1 nitrogen and oxygen atoms in total. The van der Waals surface area contributed by atoms with Crippen molar-refractivity contribution in [3.8, 4) is 0 Å². The van der Waals surface area contributed by atoms with E-state index in [-0.39, 0.29) is 11.3 Å². The molecule has 21 heavy (non-hydrogen) atoms. The second-order valence-corrected chi connectivity index (χ2v) is 7.05. The molecule has 2 aromatic carbocycles. The van der Waals surface area contributed by atoms with E-state index in [4.69, 9.17) is 17.3 Å². The van der Waals surface area contributed by atoms with Crippen LogP contribution in [-0.2, 0) is 0 Å². The average Bonchev–Trinajstić information content (AvgIpc) is 2.47. The molecule has 0 aliphatic heterocycles. The Bertz CT molecular complexity index is 612. The third-order valence-electron chi connectivity index (χ3n) is 3.64. The van der Waals surface area contributed by atoms with Gasteiger partial charge in [0.25, 0.3) is 0 Å². The number of hydrogen-bond acceptors (Lipinski definition) is 2. The first-order chi connectivity index (χ1) is 10.0. The van der Waals surface area contributed by atoms with Crippen molar-refractivity contribution in [2.45, 2.75) is 43.4 Å². The molecule has 0 saturated carbocycles. The van der Waals surface area contributed by atoms with Crippen LogP contribution in [0.15, 0.2) is 47.4 Å². The molecule has 0 saturated heterocycles. The molecule has 0 aromatic heterocycles. The highest BCUT2D eigenvalue weighted by molar-refractivity contribution is 7.99. The van der Waals surface area contributed by atoms with E-state index < -0.39 is 0 Å². The first kappa shape index (κ1) is 16.4. The molecule has 2 atom stereocenters. The van der Waals surface area contributed by atoms with Gasteiger partial charge in [0, 0.05) is 21.2 Å². The molecule has 0 bridgehead atoms. The normalized spacial score (nSPS) is 14.0. The topological polar surface area (TPSA) is 26.0 Å². The summed E-state index contributed by atoms with van der Waals surface area (Å²) in [6.45, 7) is 6.40. The van der Waals surface area contributed by atoms with Gasteiger partial charge in [-0.3, -0.25) is 0 Å². The van der Waals surface area contributed by atoms with Crippen molar-refractivity contribution >= 4 is 23.4 Å². The lowest BCUT2D eigenvalue weighted by atomic mass is 10.0. The predicted molar refractivity (Wildman–Crippen MR) is 94.2 cm³/mol. The van der Waals surface area contributed by atoms with E-state index in [1.165, 1.54) is 21.6 Å². The third kappa shape index (κ3) is 4.26. The van der Waals surface area contributed by atoms with Crippen LogP contribution in [0.4, 0.5) is 0 Å². The minimum Gasteiger partial charge on any atom is -0.326 e. The minimum atomic E-state index is 0.105. The molecular weight excluding hydrogens is 298 g/mol. The van der Waals surface area contributed by atoms with Gasteiger partial charge >= 0.3 is 0 Å². The fourth-order valence-corrected chi connectivity index (χ4v) is 3.90. The Morgan fingerprint density at radius 1 is 1.14 bits per heavy atom. The summed E-state index contributed by atoms with van der Waals surface area (Å²) in [5, 5.41) is 0.983. The monoisotopic (exact) mass is 319 g/mol. The van der Waals surface area contributed by atoms with Gasteiger partial charge in [-0.25, -0.2) is 0 Å². The van der Waals surface area contributed by atoms with Crippen molar-refractivity contribution in [1.29, 1.82) is 0 Å². The summed E-state index contributed by atoms with van der Waals surface area (Å²) in [5.41, 5.74) is 10.1. The number of hydrogen-bond donors (Lipinski definition) is 1. The second-order valence-electron chi connectivity index (χ2n) is 5.43. The maximum absolute atomic E-state index is 6.37. The highest BCUT2D eigenvalue weighted by atomic mass is 35.5. The Kier molecular flexibility index (Phi) is 5.74. The van der Waals surface area contributed by atoms with Gasteiger partial charge in [-0.2, -0.15) is 0 Å². The fourth-order valence-electron chi connectivity index (χ4n) is 2.27. The summed E-state index contributed by atoms with van der Waals surface area (Å²) < 4.78 is 0. The van der Waals surface area contributed by atoms with Gasteiger partial charge in [0.05, 0.1) is 0 Å². The second kappa shape index (κ2) is 7.35. The first-order valence-electron chi connectivity index (χ1n) is 7.26. The summed E-state index contributed by atoms with van der Waals surface area (Å²) in [7, 11) is 0. The quantitative estimate of drug-likeness (QED) is 0.733. The largest absolute Gasteiger partial charge is 0.326 e. The van der Waals surface area contributed by atoms with Crippen LogP contribution in [-0.4, -0.2) is 6.04 Å². The molecule has 2 aromatic rings. The first-order valence-corrected chi connectivity index (χ1v) is 8.52. The Balaban J connectivity index is 2.35. The van der Waals surface area contributed by atoms with Crippen LogP contribution >= 0.6 is 23.4 Å². The van der Waals surface area contributed by atoms with Gasteiger partial charge in [0.2, 0.25) is 0 Å². The van der Waals surface area contributed by atoms with Gasteiger partial charge < -0.3 is 5.73 Å². The SMILES string of the molecule is CCC(N)C(Sc1cc(C)ccc1C)c1cccc(Cl)c1. The van der Waals surface area contributed by atoms with E-state index in [0.717, 1.165) is 11.4 Å². The molecule has 2 unspecified atom stereocenters. The van der Waals surface area contributed by atoms with Crippen LogP contribution in [0.5, 0.6) is 0 Å². The molecular formula is C18H22ClNS. The van der Waals surface area contributed by atoms with Gasteiger partial charge in [-0.05, 0) is 49.6 Å². The molecule has 0 fully saturated rings. The van der Waals surface area contributed by atoms with Crippen LogP contribution in [0.3, 0.4) is 0 Å². The summed E-state index contributed by atoms with van der Waals surface area (Å²) in [6, 6.07) is 14.7. The molecule has 3 heteroatoms. The van der Waals surface area contributed by atoms with Crippen LogP contribution < -0.4 is 5.73 Å². The highest BCUT2D eigenvalue weighted by Gasteiger charge is 2.21. The van der Waals surface area contributed by atoms with Crippen molar-refractivity contribution < 1.29 is 0 Å². The zero-order chi connectivity index (χ0) is 15.4. The average molecular weight is 320 g/mol. The van der Waals surface area contributed by atoms with Crippen LogP contribution in [0, 0.1) is 13.8 Å². The number of aryl methyl sites for hydroxylation is 2. The van der Waals surface area contributed by atoms with Crippen LogP contribution in [0.1, 0.15) is 35.3 Å². The van der Waals surface area contributed by atoms with Crippen molar-refractivity contribution in [2.75, 3.05) is 0 Å². The summed E-state index contributed by atoms with van der Waals surface area (Å²) in [5.74, 6) is 0. The molecule has 0 spiro atoms. The summed E-state index contributed by atoms with van der Waals surface area (Å²) in [6.07, 6.45) is 0.940. The number of thioether (sulfide) groups is 1.